The molecule has 0 aliphatic heterocycles. The van der Waals surface area contributed by atoms with Crippen LogP contribution in [0.15, 0.2) is 0 Å². The van der Waals surface area contributed by atoms with Crippen molar-refractivity contribution in [3.63, 3.8) is 0 Å². The van der Waals surface area contributed by atoms with Crippen LogP contribution >= 0.6 is 23.2 Å². The molecule has 0 spiro atoms. The number of fused-ring (bicyclic) bond motifs is 2. The Morgan fingerprint density at radius 1 is 0.773 bits per heavy atom. The Kier molecular flexibility index (Phi) is 9.66. The second-order valence-electron chi connectivity index (χ2n) is 6.58. The molecule has 0 N–H and O–H groups in total. The monoisotopic (exact) mass is 348 g/mol. The topological polar surface area (TPSA) is 34.1 Å². The van der Waals surface area contributed by atoms with Gasteiger partial charge < -0.3 is 0 Å². The summed E-state index contributed by atoms with van der Waals surface area (Å²) < 4.78 is 0. The fourth-order valence-electron chi connectivity index (χ4n) is 4.03. The lowest BCUT2D eigenvalue weighted by Crippen LogP contribution is -2.16. The van der Waals surface area contributed by atoms with E-state index in [1.165, 1.54) is 44.9 Å². The summed E-state index contributed by atoms with van der Waals surface area (Å²) in [6.45, 7) is 4.00. The van der Waals surface area contributed by atoms with E-state index in [9.17, 15) is 9.59 Å². The van der Waals surface area contributed by atoms with Crippen molar-refractivity contribution >= 4 is 33.7 Å². The lowest BCUT2D eigenvalue weighted by Gasteiger charge is -2.16. The molecule has 3 aliphatic carbocycles. The van der Waals surface area contributed by atoms with Gasteiger partial charge in [-0.05, 0) is 67.1 Å². The average molecular weight is 349 g/mol. The summed E-state index contributed by atoms with van der Waals surface area (Å²) in [5.74, 6) is 1.87. The smallest absolute Gasteiger partial charge is 0.225 e. The predicted molar refractivity (Wildman–Crippen MR) is 93.2 cm³/mol. The minimum atomic E-state index is -0.123. The average Bonchev–Trinajstić information content (AvgIpc) is 3.04. The SMILES string of the molecule is CC.O=C(Cl)C1CC2CCC1C2.O=C(Cl)C1CCCCCC1. The summed E-state index contributed by atoms with van der Waals surface area (Å²) in [4.78, 5) is 21.5. The van der Waals surface area contributed by atoms with Gasteiger partial charge in [0.15, 0.2) is 0 Å². The maximum Gasteiger partial charge on any atom is 0.225 e. The van der Waals surface area contributed by atoms with Gasteiger partial charge in [-0.15, -0.1) is 0 Å². The number of hydrogen-bond acceptors (Lipinski definition) is 2. The van der Waals surface area contributed by atoms with Gasteiger partial charge in [-0.25, -0.2) is 0 Å². The molecule has 0 heterocycles. The Bertz CT molecular complexity index is 349. The molecule has 0 aromatic heterocycles. The maximum atomic E-state index is 10.8. The molecule has 3 saturated carbocycles. The van der Waals surface area contributed by atoms with Crippen LogP contribution in [0, 0.1) is 23.7 Å². The highest BCUT2D eigenvalue weighted by atomic mass is 35.5. The van der Waals surface area contributed by atoms with E-state index in [4.69, 9.17) is 23.2 Å². The van der Waals surface area contributed by atoms with Crippen LogP contribution in [-0.2, 0) is 9.59 Å². The lowest BCUT2D eigenvalue weighted by molar-refractivity contribution is -0.116. The highest BCUT2D eigenvalue weighted by molar-refractivity contribution is 6.64. The second-order valence-corrected chi connectivity index (χ2v) is 7.32. The molecule has 3 unspecified atom stereocenters. The van der Waals surface area contributed by atoms with Crippen LogP contribution in [0.5, 0.6) is 0 Å². The van der Waals surface area contributed by atoms with E-state index in [-0.39, 0.29) is 22.3 Å². The summed E-state index contributed by atoms with van der Waals surface area (Å²) in [5.41, 5.74) is 0. The van der Waals surface area contributed by atoms with Gasteiger partial charge in [0.25, 0.3) is 0 Å². The normalized spacial score (nSPS) is 30.5. The van der Waals surface area contributed by atoms with Crippen LogP contribution in [0.25, 0.3) is 0 Å². The minimum absolute atomic E-state index is 0.0906. The largest absolute Gasteiger partial charge is 0.281 e. The fourth-order valence-corrected chi connectivity index (χ4v) is 4.51. The van der Waals surface area contributed by atoms with E-state index < -0.39 is 0 Å². The highest BCUT2D eigenvalue weighted by Crippen LogP contribution is 2.48. The molecular formula is C18H30Cl2O2. The quantitative estimate of drug-likeness (QED) is 0.457. The van der Waals surface area contributed by atoms with Gasteiger partial charge in [0.2, 0.25) is 10.5 Å². The molecule has 22 heavy (non-hydrogen) atoms. The van der Waals surface area contributed by atoms with Gasteiger partial charge in [-0.1, -0.05) is 46.0 Å². The Morgan fingerprint density at radius 3 is 1.68 bits per heavy atom. The number of carbonyl (C=O) groups is 2. The standard InChI is InChI=1S/C8H11ClO.C8H13ClO.C2H6/c9-8(10)7-4-5-1-2-6(7)3-5;9-8(10)7-5-3-1-2-4-6-7;1-2/h5-7H,1-4H2;7H,1-6H2;1-2H3. The number of halogens is 2. The Labute approximate surface area is 145 Å². The van der Waals surface area contributed by atoms with Gasteiger partial charge in [0, 0.05) is 11.8 Å². The maximum absolute atomic E-state index is 10.8. The van der Waals surface area contributed by atoms with E-state index in [1.807, 2.05) is 13.8 Å². The van der Waals surface area contributed by atoms with Gasteiger partial charge in [-0.3, -0.25) is 9.59 Å². The predicted octanol–water partition coefficient (Wildman–Crippen LogP) is 5.94. The summed E-state index contributed by atoms with van der Waals surface area (Å²) in [6, 6.07) is 0. The first-order valence-corrected chi connectivity index (χ1v) is 9.72. The van der Waals surface area contributed by atoms with E-state index >= 15 is 0 Å². The number of rotatable bonds is 2. The van der Waals surface area contributed by atoms with Gasteiger partial charge in [0.05, 0.1) is 0 Å². The van der Waals surface area contributed by atoms with Crippen LogP contribution in [0.2, 0.25) is 0 Å². The molecule has 0 aromatic carbocycles. The summed E-state index contributed by atoms with van der Waals surface area (Å²) in [5, 5.41) is -0.214. The first-order valence-electron chi connectivity index (χ1n) is 8.96. The summed E-state index contributed by atoms with van der Waals surface area (Å²) >= 11 is 10.8. The molecule has 3 fully saturated rings. The van der Waals surface area contributed by atoms with Crippen LogP contribution in [0.1, 0.15) is 78.1 Å². The van der Waals surface area contributed by atoms with E-state index in [0.29, 0.717) is 5.92 Å². The van der Waals surface area contributed by atoms with E-state index in [2.05, 4.69) is 0 Å². The molecule has 3 aliphatic rings. The van der Waals surface area contributed by atoms with Gasteiger partial charge in [-0.2, -0.15) is 0 Å². The van der Waals surface area contributed by atoms with Crippen LogP contribution < -0.4 is 0 Å². The Morgan fingerprint density at radius 2 is 1.36 bits per heavy atom. The van der Waals surface area contributed by atoms with Crippen molar-refractivity contribution in [2.75, 3.05) is 0 Å². The second kappa shape index (κ2) is 10.6. The molecule has 4 heteroatoms. The van der Waals surface area contributed by atoms with Crippen LogP contribution in [0.4, 0.5) is 0 Å². The third-order valence-electron chi connectivity index (χ3n) is 5.21. The fraction of sp³-hybridized carbons (Fsp3) is 0.889. The van der Waals surface area contributed by atoms with Crippen molar-refractivity contribution in [3.8, 4) is 0 Å². The zero-order chi connectivity index (χ0) is 16.5. The third kappa shape index (κ3) is 6.20. The van der Waals surface area contributed by atoms with Crippen molar-refractivity contribution < 1.29 is 9.59 Å². The molecular weight excluding hydrogens is 319 g/mol. The minimum Gasteiger partial charge on any atom is -0.281 e. The third-order valence-corrected chi connectivity index (χ3v) is 5.79. The first-order chi connectivity index (χ1) is 10.6. The molecule has 2 nitrogen and oxygen atoms in total. The molecule has 0 aromatic rings. The molecule has 0 radical (unpaired) electrons. The van der Waals surface area contributed by atoms with Crippen molar-refractivity contribution in [1.29, 1.82) is 0 Å². The summed E-state index contributed by atoms with van der Waals surface area (Å²) in [6.07, 6.45) is 11.9. The van der Waals surface area contributed by atoms with Crippen molar-refractivity contribution in [2.45, 2.75) is 78.1 Å². The molecule has 0 saturated heterocycles. The van der Waals surface area contributed by atoms with E-state index in [0.717, 1.165) is 25.2 Å². The summed E-state index contributed by atoms with van der Waals surface area (Å²) in [7, 11) is 0. The van der Waals surface area contributed by atoms with Crippen molar-refractivity contribution in [2.24, 2.45) is 23.7 Å². The Balaban J connectivity index is 0.000000198. The van der Waals surface area contributed by atoms with Crippen LogP contribution in [-0.4, -0.2) is 10.5 Å². The molecule has 2 bridgehead atoms. The van der Waals surface area contributed by atoms with Gasteiger partial charge in [0.1, 0.15) is 0 Å². The van der Waals surface area contributed by atoms with Crippen molar-refractivity contribution in [1.82, 2.24) is 0 Å². The zero-order valence-electron chi connectivity index (χ0n) is 14.0. The van der Waals surface area contributed by atoms with Crippen LogP contribution in [0.3, 0.4) is 0 Å². The number of carbonyl (C=O) groups excluding carboxylic acids is 2. The van der Waals surface area contributed by atoms with Gasteiger partial charge >= 0.3 is 0 Å². The Hall–Kier alpha value is -0.0800. The molecule has 128 valence electrons. The van der Waals surface area contributed by atoms with E-state index in [1.54, 1.807) is 0 Å². The first kappa shape index (κ1) is 20.0. The molecule has 3 atom stereocenters. The zero-order valence-corrected chi connectivity index (χ0v) is 15.5. The lowest BCUT2D eigenvalue weighted by atomic mass is 9.90. The molecule has 3 rings (SSSR count). The van der Waals surface area contributed by atoms with Crippen molar-refractivity contribution in [3.05, 3.63) is 0 Å². The number of hydrogen-bond donors (Lipinski definition) is 0. The highest BCUT2D eigenvalue weighted by Gasteiger charge is 2.42. The molecule has 0 amide bonds.